The molecule has 132 valence electrons. The van der Waals surface area contributed by atoms with Gasteiger partial charge in [0.05, 0.1) is 6.04 Å². The van der Waals surface area contributed by atoms with Gasteiger partial charge in [0.2, 0.25) is 0 Å². The Kier molecular flexibility index (Phi) is 4.46. The molecule has 0 fully saturated rings. The third kappa shape index (κ3) is 3.78. The van der Waals surface area contributed by atoms with Gasteiger partial charge in [0.1, 0.15) is 11.4 Å². The van der Waals surface area contributed by atoms with Crippen molar-refractivity contribution >= 4 is 6.09 Å². The summed E-state index contributed by atoms with van der Waals surface area (Å²) in [5.74, 6) is 0.210. The molecule has 1 heterocycles. The lowest BCUT2D eigenvalue weighted by atomic mass is 9.88. The number of benzene rings is 2. The van der Waals surface area contributed by atoms with Gasteiger partial charge in [-0.3, -0.25) is 4.90 Å². The van der Waals surface area contributed by atoms with E-state index in [1.165, 1.54) is 5.56 Å². The summed E-state index contributed by atoms with van der Waals surface area (Å²) in [4.78, 5) is 14.6. The smallest absolute Gasteiger partial charge is 0.411 e. The summed E-state index contributed by atoms with van der Waals surface area (Å²) in [7, 11) is 0. The lowest BCUT2D eigenvalue weighted by Crippen LogP contribution is -2.43. The minimum Gasteiger partial charge on any atom is -0.508 e. The summed E-state index contributed by atoms with van der Waals surface area (Å²) in [6, 6.07) is 13.3. The van der Waals surface area contributed by atoms with Crippen LogP contribution in [0, 0.1) is 6.92 Å². The summed E-state index contributed by atoms with van der Waals surface area (Å²) < 4.78 is 5.62. The van der Waals surface area contributed by atoms with Gasteiger partial charge in [0.25, 0.3) is 0 Å². The first-order valence-electron chi connectivity index (χ1n) is 8.62. The van der Waals surface area contributed by atoms with Crippen molar-refractivity contribution in [1.82, 2.24) is 4.90 Å². The molecular weight excluding hydrogens is 314 g/mol. The van der Waals surface area contributed by atoms with Gasteiger partial charge in [0, 0.05) is 6.54 Å². The minimum absolute atomic E-state index is 0.210. The van der Waals surface area contributed by atoms with Gasteiger partial charge < -0.3 is 9.84 Å². The molecular formula is C21H25NO3. The molecule has 0 spiro atoms. The molecule has 1 aliphatic rings. The largest absolute Gasteiger partial charge is 0.508 e. The Balaban J connectivity index is 2.06. The van der Waals surface area contributed by atoms with Crippen molar-refractivity contribution in [3.8, 4) is 5.75 Å². The van der Waals surface area contributed by atoms with Gasteiger partial charge in [-0.2, -0.15) is 0 Å². The van der Waals surface area contributed by atoms with Crippen LogP contribution in [0.2, 0.25) is 0 Å². The van der Waals surface area contributed by atoms with E-state index in [0.717, 1.165) is 23.1 Å². The molecule has 0 radical (unpaired) electrons. The van der Waals surface area contributed by atoms with Crippen LogP contribution in [0.3, 0.4) is 0 Å². The van der Waals surface area contributed by atoms with Crippen LogP contribution in [0.4, 0.5) is 4.79 Å². The molecule has 0 unspecified atom stereocenters. The fraction of sp³-hybridized carbons (Fsp3) is 0.381. The van der Waals surface area contributed by atoms with E-state index in [0.29, 0.717) is 6.54 Å². The van der Waals surface area contributed by atoms with Crippen molar-refractivity contribution in [3.05, 3.63) is 64.7 Å². The van der Waals surface area contributed by atoms with Crippen LogP contribution in [0.15, 0.2) is 42.5 Å². The van der Waals surface area contributed by atoms with Crippen molar-refractivity contribution in [2.45, 2.75) is 45.8 Å². The number of aryl methyl sites for hydroxylation is 1. The lowest BCUT2D eigenvalue weighted by Gasteiger charge is -2.38. The van der Waals surface area contributed by atoms with Gasteiger partial charge in [-0.25, -0.2) is 4.79 Å². The predicted octanol–water partition coefficient (Wildman–Crippen LogP) is 4.58. The molecule has 0 aliphatic carbocycles. The van der Waals surface area contributed by atoms with Gasteiger partial charge in [-0.15, -0.1) is 0 Å². The van der Waals surface area contributed by atoms with Crippen LogP contribution < -0.4 is 0 Å². The van der Waals surface area contributed by atoms with Crippen LogP contribution in [0.5, 0.6) is 5.75 Å². The second-order valence-electron chi connectivity index (χ2n) is 7.62. The highest BCUT2D eigenvalue weighted by molar-refractivity contribution is 5.70. The highest BCUT2D eigenvalue weighted by Gasteiger charge is 2.34. The second kappa shape index (κ2) is 6.43. The molecule has 0 saturated carbocycles. The molecule has 2 aromatic rings. The Hall–Kier alpha value is -2.49. The monoisotopic (exact) mass is 339 g/mol. The third-order valence-electron chi connectivity index (χ3n) is 4.38. The molecule has 3 rings (SSSR count). The van der Waals surface area contributed by atoms with Gasteiger partial charge >= 0.3 is 6.09 Å². The van der Waals surface area contributed by atoms with E-state index in [1.54, 1.807) is 17.0 Å². The normalized spacial score (nSPS) is 17.1. The van der Waals surface area contributed by atoms with E-state index in [1.807, 2.05) is 58.0 Å². The number of amides is 1. The number of rotatable bonds is 1. The molecule has 0 aromatic heterocycles. The number of carbonyl (C=O) groups is 1. The van der Waals surface area contributed by atoms with Crippen LogP contribution in [-0.2, 0) is 11.2 Å². The van der Waals surface area contributed by atoms with Crippen molar-refractivity contribution in [3.63, 3.8) is 0 Å². The first-order valence-corrected chi connectivity index (χ1v) is 8.62. The zero-order valence-electron chi connectivity index (χ0n) is 15.2. The van der Waals surface area contributed by atoms with Crippen molar-refractivity contribution in [2.24, 2.45) is 0 Å². The van der Waals surface area contributed by atoms with Crippen molar-refractivity contribution in [2.75, 3.05) is 6.54 Å². The maximum atomic E-state index is 12.8. The Morgan fingerprint density at radius 1 is 1.16 bits per heavy atom. The quantitative estimate of drug-likeness (QED) is 0.827. The zero-order chi connectivity index (χ0) is 18.2. The highest BCUT2D eigenvalue weighted by atomic mass is 16.6. The van der Waals surface area contributed by atoms with Crippen LogP contribution in [-0.4, -0.2) is 28.2 Å². The summed E-state index contributed by atoms with van der Waals surface area (Å²) >= 11 is 0. The molecule has 1 N–H and O–H groups in total. The molecule has 1 atom stereocenters. The lowest BCUT2D eigenvalue weighted by molar-refractivity contribution is 0.0178. The minimum atomic E-state index is -0.548. The fourth-order valence-electron chi connectivity index (χ4n) is 3.23. The number of ether oxygens (including phenoxy) is 1. The Bertz CT molecular complexity index is 775. The fourth-order valence-corrected chi connectivity index (χ4v) is 3.23. The topological polar surface area (TPSA) is 49.8 Å². The van der Waals surface area contributed by atoms with Crippen LogP contribution in [0.25, 0.3) is 0 Å². The molecule has 1 aliphatic heterocycles. The first-order chi connectivity index (χ1) is 11.7. The molecule has 25 heavy (non-hydrogen) atoms. The number of phenolic OH excluding ortho intramolecular Hbond substituents is 1. The number of hydrogen-bond donors (Lipinski definition) is 1. The number of fused-ring (bicyclic) bond motifs is 1. The Labute approximate surface area is 149 Å². The van der Waals surface area contributed by atoms with E-state index < -0.39 is 5.60 Å². The number of aromatic hydroxyl groups is 1. The molecule has 0 bridgehead atoms. The summed E-state index contributed by atoms with van der Waals surface area (Å²) in [5.41, 5.74) is 3.75. The zero-order valence-corrected chi connectivity index (χ0v) is 15.2. The SMILES string of the molecule is Cc1ccc([C@H]2c3cc(O)ccc3CCN2C(=O)OC(C)(C)C)cc1. The maximum absolute atomic E-state index is 12.8. The average molecular weight is 339 g/mol. The van der Waals surface area contributed by atoms with E-state index in [4.69, 9.17) is 4.74 Å². The first kappa shape index (κ1) is 17.3. The van der Waals surface area contributed by atoms with Crippen LogP contribution >= 0.6 is 0 Å². The van der Waals surface area contributed by atoms with E-state index >= 15 is 0 Å². The number of phenols is 1. The molecule has 4 heteroatoms. The van der Waals surface area contributed by atoms with E-state index in [9.17, 15) is 9.90 Å². The summed E-state index contributed by atoms with van der Waals surface area (Å²) in [5, 5.41) is 9.97. The van der Waals surface area contributed by atoms with Gasteiger partial charge in [0.15, 0.2) is 0 Å². The van der Waals surface area contributed by atoms with Gasteiger partial charge in [-0.1, -0.05) is 35.9 Å². The average Bonchev–Trinajstić information content (AvgIpc) is 2.53. The second-order valence-corrected chi connectivity index (χ2v) is 7.62. The predicted molar refractivity (Wildman–Crippen MR) is 97.8 cm³/mol. The number of nitrogens with zero attached hydrogens (tertiary/aromatic N) is 1. The van der Waals surface area contributed by atoms with Crippen molar-refractivity contribution in [1.29, 1.82) is 0 Å². The molecule has 0 saturated heterocycles. The Morgan fingerprint density at radius 3 is 2.48 bits per heavy atom. The summed E-state index contributed by atoms with van der Waals surface area (Å²) in [6.07, 6.45) is 0.420. The van der Waals surface area contributed by atoms with E-state index in [2.05, 4.69) is 0 Å². The number of hydrogen-bond acceptors (Lipinski definition) is 3. The highest BCUT2D eigenvalue weighted by Crippen LogP contribution is 2.37. The molecule has 4 nitrogen and oxygen atoms in total. The summed E-state index contributed by atoms with van der Waals surface area (Å²) in [6.45, 7) is 8.24. The van der Waals surface area contributed by atoms with Gasteiger partial charge in [-0.05, 0) is 62.9 Å². The van der Waals surface area contributed by atoms with Crippen LogP contribution in [0.1, 0.15) is 49.1 Å². The molecule has 1 amide bonds. The molecule has 2 aromatic carbocycles. The third-order valence-corrected chi connectivity index (χ3v) is 4.38. The van der Waals surface area contributed by atoms with Crippen molar-refractivity contribution < 1.29 is 14.6 Å². The number of carbonyl (C=O) groups excluding carboxylic acids is 1. The van der Waals surface area contributed by atoms with E-state index in [-0.39, 0.29) is 17.9 Å². The Morgan fingerprint density at radius 2 is 1.84 bits per heavy atom. The maximum Gasteiger partial charge on any atom is 0.411 e. The standard InChI is InChI=1S/C21H25NO3/c1-14-5-7-16(8-6-14)19-18-13-17(23)10-9-15(18)11-12-22(19)20(24)25-21(2,3)4/h5-10,13,19,23H,11-12H2,1-4H3/t19-/m0/s1.